The number of allylic oxidation sites excluding steroid dienone is 1. The molecule has 10 heteroatoms. The first-order valence-electron chi connectivity index (χ1n) is 8.84. The van der Waals surface area contributed by atoms with Gasteiger partial charge in [-0.25, -0.2) is 4.79 Å². The average molecular weight is 443 g/mol. The van der Waals surface area contributed by atoms with E-state index in [1.807, 2.05) is 0 Å². The summed E-state index contributed by atoms with van der Waals surface area (Å²) < 4.78 is 4.44. The van der Waals surface area contributed by atoms with Gasteiger partial charge in [-0.2, -0.15) is 0 Å². The second-order valence-electron chi connectivity index (χ2n) is 5.60. The fourth-order valence-electron chi connectivity index (χ4n) is 1.10. The Labute approximate surface area is 184 Å². The van der Waals surface area contributed by atoms with Gasteiger partial charge in [0.2, 0.25) is 0 Å². The fraction of sp³-hybridized carbons (Fsp3) is 0.833. The van der Waals surface area contributed by atoms with Gasteiger partial charge in [0, 0.05) is 19.2 Å². The molecule has 0 aliphatic heterocycles. The first-order chi connectivity index (χ1) is 12.5. The molecule has 0 atom stereocenters. The van der Waals surface area contributed by atoms with Crippen LogP contribution in [0.25, 0.3) is 0 Å². The molecule has 0 aromatic carbocycles. The molecule has 0 amide bonds. The molecule has 0 rings (SSSR count). The number of esters is 1. The number of rotatable bonds is 8. The van der Waals surface area contributed by atoms with E-state index in [0.717, 1.165) is 6.08 Å². The van der Waals surface area contributed by atoms with Gasteiger partial charge in [0.15, 0.2) is 0 Å². The van der Waals surface area contributed by atoms with Gasteiger partial charge in [0.1, 0.15) is 0 Å². The number of nitrogens with zero attached hydrogens (tertiary/aromatic N) is 1. The molecule has 28 heavy (non-hydrogen) atoms. The summed E-state index contributed by atoms with van der Waals surface area (Å²) in [4.78, 5) is 12.1. The summed E-state index contributed by atoms with van der Waals surface area (Å²) >= 11 is 0. The normalized spacial score (nSPS) is 10.0. The summed E-state index contributed by atoms with van der Waals surface area (Å²) in [5, 5.41) is 56.2. The maximum Gasteiger partial charge on any atom is 4.00 e. The SMILES string of the molecule is CC(C)[O-].CC(C)[O-].CCOC(=O)/C=C(/C)[O-].[O-]CCN(CCO)CCO.[Ti+4]. The zero-order chi connectivity index (χ0) is 22.3. The van der Waals surface area contributed by atoms with Gasteiger partial charge in [-0.1, -0.05) is 34.6 Å². The minimum atomic E-state index is -0.565. The van der Waals surface area contributed by atoms with E-state index >= 15 is 0 Å². The van der Waals surface area contributed by atoms with Crippen LogP contribution in [0.5, 0.6) is 0 Å². The predicted octanol–water partition coefficient (Wildman–Crippen LogP) is -3.05. The quantitative estimate of drug-likeness (QED) is 0.172. The maximum absolute atomic E-state index is 10.4. The molecule has 0 heterocycles. The van der Waals surface area contributed by atoms with Crippen LogP contribution in [0.2, 0.25) is 0 Å². The molecule has 166 valence electrons. The second kappa shape index (κ2) is 31.2. The largest absolute Gasteiger partial charge is 4.00 e. The van der Waals surface area contributed by atoms with Crippen molar-refractivity contribution < 1.29 is 61.9 Å². The predicted molar refractivity (Wildman–Crippen MR) is 96.1 cm³/mol. The van der Waals surface area contributed by atoms with Gasteiger partial charge >= 0.3 is 27.7 Å². The van der Waals surface area contributed by atoms with Crippen molar-refractivity contribution in [2.75, 3.05) is 46.1 Å². The van der Waals surface area contributed by atoms with E-state index < -0.39 is 18.2 Å². The number of aliphatic hydroxyl groups is 2. The number of hydrogen-bond donors (Lipinski definition) is 2. The summed E-state index contributed by atoms with van der Waals surface area (Å²) in [5.41, 5.74) is 0. The van der Waals surface area contributed by atoms with Crippen LogP contribution in [0.15, 0.2) is 11.8 Å². The van der Waals surface area contributed by atoms with Crippen LogP contribution in [-0.2, 0) is 31.2 Å². The van der Waals surface area contributed by atoms with E-state index in [1.165, 1.54) is 6.92 Å². The molecule has 0 aromatic rings. The molecule has 0 spiro atoms. The van der Waals surface area contributed by atoms with Crippen molar-refractivity contribution in [1.82, 2.24) is 4.90 Å². The molecule has 0 saturated heterocycles. The molecule has 0 radical (unpaired) electrons. The number of ether oxygens (including phenoxy) is 1. The molecule has 0 bridgehead atoms. The number of aliphatic hydroxyl groups excluding tert-OH is 2. The molecule has 0 unspecified atom stereocenters. The fourth-order valence-corrected chi connectivity index (χ4v) is 1.10. The number of hydrogen-bond acceptors (Lipinski definition) is 9. The van der Waals surface area contributed by atoms with Crippen molar-refractivity contribution in [1.29, 1.82) is 0 Å². The Balaban J connectivity index is -0.0000000898. The van der Waals surface area contributed by atoms with Crippen molar-refractivity contribution in [3.8, 4) is 0 Å². The zero-order valence-corrected chi connectivity index (χ0v) is 19.5. The summed E-state index contributed by atoms with van der Waals surface area (Å²) in [6.07, 6.45) is 0.0868. The van der Waals surface area contributed by atoms with E-state index in [4.69, 9.17) is 10.2 Å². The van der Waals surface area contributed by atoms with Crippen LogP contribution in [0, 0.1) is 0 Å². The third-order valence-corrected chi connectivity index (χ3v) is 1.85. The van der Waals surface area contributed by atoms with E-state index in [2.05, 4.69) is 4.74 Å². The van der Waals surface area contributed by atoms with Crippen LogP contribution in [0.1, 0.15) is 41.5 Å². The Morgan fingerprint density at radius 2 is 1.39 bits per heavy atom. The van der Waals surface area contributed by atoms with E-state index in [0.29, 0.717) is 26.2 Å². The van der Waals surface area contributed by atoms with Gasteiger partial charge in [-0.15, -0.1) is 24.6 Å². The molecule has 9 nitrogen and oxygen atoms in total. The van der Waals surface area contributed by atoms with Crippen LogP contribution in [-0.4, -0.2) is 79.4 Å². The average Bonchev–Trinajstić information content (AvgIpc) is 2.47. The van der Waals surface area contributed by atoms with Crippen LogP contribution in [0.3, 0.4) is 0 Å². The molecular formula is C18H37NO8Ti. The summed E-state index contributed by atoms with van der Waals surface area (Å²) in [6.45, 7) is 11.0. The Morgan fingerprint density at radius 3 is 1.61 bits per heavy atom. The van der Waals surface area contributed by atoms with Gasteiger partial charge in [-0.05, 0) is 13.5 Å². The number of carbonyl (C=O) groups excluding carboxylic acids is 1. The standard InChI is InChI=1S/C6H14NO3.C6H10O3.2C3H7O.Ti/c8-4-1-7(2-5-9)3-6-10;1-3-9-6(8)4-5(2)7;2*1-3(2)4;/h8-9H,1-6H2;4,7H,3H2,1-2H3;2*3H,1-2H3;/q-1;;2*-1;+4/p-1/b;5-4-;;;. The topological polar surface area (TPSA) is 162 Å². The monoisotopic (exact) mass is 443 g/mol. The third-order valence-electron chi connectivity index (χ3n) is 1.85. The van der Waals surface area contributed by atoms with Gasteiger partial charge in [-0.3, -0.25) is 0 Å². The van der Waals surface area contributed by atoms with Crippen LogP contribution >= 0.6 is 0 Å². The van der Waals surface area contributed by atoms with Crippen molar-refractivity contribution in [2.45, 2.75) is 53.8 Å². The molecule has 0 aromatic heterocycles. The smallest absolute Gasteiger partial charge is 0.875 e. The molecule has 0 fully saturated rings. The Hall–Kier alpha value is -0.516. The van der Waals surface area contributed by atoms with Crippen molar-refractivity contribution in [3.63, 3.8) is 0 Å². The summed E-state index contributed by atoms with van der Waals surface area (Å²) in [7, 11) is 0. The van der Waals surface area contributed by atoms with Gasteiger partial charge in [0.25, 0.3) is 0 Å². The Bertz CT molecular complexity index is 299. The molecule has 0 aliphatic carbocycles. The van der Waals surface area contributed by atoms with Crippen molar-refractivity contribution in [3.05, 3.63) is 11.8 Å². The summed E-state index contributed by atoms with van der Waals surface area (Å²) in [6, 6.07) is 0. The minimum absolute atomic E-state index is 0. The summed E-state index contributed by atoms with van der Waals surface area (Å²) in [5.74, 6) is -0.849. The number of carbonyl (C=O) groups is 1. The Morgan fingerprint density at radius 1 is 1.04 bits per heavy atom. The molecule has 0 aliphatic rings. The Kier molecular flexibility index (Phi) is 42.5. The zero-order valence-electron chi connectivity index (χ0n) is 18.0. The van der Waals surface area contributed by atoms with E-state index in [1.54, 1.807) is 39.5 Å². The molecule has 2 N–H and O–H groups in total. The van der Waals surface area contributed by atoms with Gasteiger partial charge in [0.05, 0.1) is 19.8 Å². The van der Waals surface area contributed by atoms with Crippen molar-refractivity contribution >= 4 is 5.97 Å². The van der Waals surface area contributed by atoms with Crippen LogP contribution in [0.4, 0.5) is 0 Å². The molecule has 0 saturated carbocycles. The van der Waals surface area contributed by atoms with Crippen molar-refractivity contribution in [2.24, 2.45) is 0 Å². The maximum atomic E-state index is 10.4. The van der Waals surface area contributed by atoms with Gasteiger partial charge < -0.3 is 40.3 Å². The first-order valence-corrected chi connectivity index (χ1v) is 8.84. The van der Waals surface area contributed by atoms with E-state index in [9.17, 15) is 25.2 Å². The minimum Gasteiger partial charge on any atom is -0.875 e. The third kappa shape index (κ3) is 63.7. The molecular weight excluding hydrogens is 406 g/mol. The van der Waals surface area contributed by atoms with E-state index in [-0.39, 0.29) is 47.3 Å². The van der Waals surface area contributed by atoms with Crippen LogP contribution < -0.4 is 20.4 Å². The first kappa shape index (κ1) is 38.1. The second-order valence-corrected chi connectivity index (χ2v) is 5.60.